The number of rotatable bonds is 5. The maximum atomic E-state index is 11.6. The lowest BCUT2D eigenvalue weighted by molar-refractivity contribution is -0.141. The largest absolute Gasteiger partial charge is 0.468 e. The molecule has 8 heteroatoms. The van der Waals surface area contributed by atoms with Crippen LogP contribution in [0, 0.1) is 0 Å². The molecule has 0 bridgehead atoms. The van der Waals surface area contributed by atoms with Gasteiger partial charge in [-0.05, 0) is 12.0 Å². The van der Waals surface area contributed by atoms with E-state index in [1.54, 1.807) is 10.9 Å². The van der Waals surface area contributed by atoms with Gasteiger partial charge >= 0.3 is 5.97 Å². The van der Waals surface area contributed by atoms with Gasteiger partial charge in [0.05, 0.1) is 37.9 Å². The van der Waals surface area contributed by atoms with E-state index in [-0.39, 0.29) is 18.6 Å². The SMILES string of the molecule is COC(=O)Cn1ncc2c(N3CCOCC3Cc3ccccc3)ncnc21. The Morgan fingerprint density at radius 2 is 2.15 bits per heavy atom. The minimum atomic E-state index is -0.367. The molecule has 1 atom stereocenters. The molecule has 8 nitrogen and oxygen atoms in total. The topological polar surface area (TPSA) is 82.4 Å². The highest BCUT2D eigenvalue weighted by Crippen LogP contribution is 2.27. The number of methoxy groups -OCH3 is 1. The normalized spacial score (nSPS) is 17.2. The second kappa shape index (κ2) is 7.71. The molecule has 0 aliphatic carbocycles. The molecule has 0 spiro atoms. The van der Waals surface area contributed by atoms with Crippen molar-refractivity contribution < 1.29 is 14.3 Å². The molecule has 4 rings (SSSR count). The van der Waals surface area contributed by atoms with E-state index in [2.05, 4.69) is 32.1 Å². The summed E-state index contributed by atoms with van der Waals surface area (Å²) < 4.78 is 12.0. The number of anilines is 1. The van der Waals surface area contributed by atoms with E-state index in [1.807, 2.05) is 18.2 Å². The molecule has 3 aromatic rings. The van der Waals surface area contributed by atoms with E-state index < -0.39 is 0 Å². The first-order chi connectivity index (χ1) is 13.3. The standard InChI is InChI=1S/C19H21N5O3/c1-26-17(25)11-24-19-16(10-22-24)18(20-13-21-19)23-7-8-27-12-15(23)9-14-5-3-2-4-6-14/h2-6,10,13,15H,7-9,11-12H2,1H3. The number of hydrogen-bond acceptors (Lipinski definition) is 7. The number of hydrogen-bond donors (Lipinski definition) is 0. The van der Waals surface area contributed by atoms with Gasteiger partial charge in [-0.2, -0.15) is 5.10 Å². The van der Waals surface area contributed by atoms with Crippen LogP contribution < -0.4 is 4.90 Å². The van der Waals surface area contributed by atoms with Crippen molar-refractivity contribution >= 4 is 22.8 Å². The quantitative estimate of drug-likeness (QED) is 0.631. The molecular formula is C19H21N5O3. The second-order valence-corrected chi connectivity index (χ2v) is 6.42. The molecule has 1 aliphatic rings. The molecule has 0 amide bonds. The number of carbonyl (C=O) groups is 1. The first kappa shape index (κ1) is 17.4. The molecule has 1 fully saturated rings. The van der Waals surface area contributed by atoms with Crippen molar-refractivity contribution in [2.24, 2.45) is 0 Å². The van der Waals surface area contributed by atoms with Gasteiger partial charge in [0.2, 0.25) is 0 Å². The Morgan fingerprint density at radius 1 is 1.30 bits per heavy atom. The summed E-state index contributed by atoms with van der Waals surface area (Å²) in [7, 11) is 1.36. The van der Waals surface area contributed by atoms with E-state index in [9.17, 15) is 4.79 Å². The second-order valence-electron chi connectivity index (χ2n) is 6.42. The molecule has 1 aliphatic heterocycles. The Kier molecular flexibility index (Phi) is 4.97. The summed E-state index contributed by atoms with van der Waals surface area (Å²) in [5.41, 5.74) is 1.88. The number of ether oxygens (including phenoxy) is 2. The fourth-order valence-electron chi connectivity index (χ4n) is 3.40. The minimum absolute atomic E-state index is 0.0208. The summed E-state index contributed by atoms with van der Waals surface area (Å²) in [6.07, 6.45) is 4.09. The Labute approximate surface area is 156 Å². The third kappa shape index (κ3) is 3.61. The molecule has 0 N–H and O–H groups in total. The smallest absolute Gasteiger partial charge is 0.327 e. The predicted octanol–water partition coefficient (Wildman–Crippen LogP) is 1.45. The number of benzene rings is 1. The van der Waals surface area contributed by atoms with Crippen LogP contribution in [0.1, 0.15) is 5.56 Å². The first-order valence-electron chi connectivity index (χ1n) is 8.88. The maximum Gasteiger partial charge on any atom is 0.327 e. The van der Waals surface area contributed by atoms with Crippen molar-refractivity contribution in [3.63, 3.8) is 0 Å². The van der Waals surface area contributed by atoms with Crippen molar-refractivity contribution in [3.05, 3.63) is 48.4 Å². The zero-order chi connectivity index (χ0) is 18.6. The van der Waals surface area contributed by atoms with Crippen molar-refractivity contribution in [1.82, 2.24) is 19.7 Å². The van der Waals surface area contributed by atoms with Crippen LogP contribution >= 0.6 is 0 Å². The molecule has 2 aromatic heterocycles. The fourth-order valence-corrected chi connectivity index (χ4v) is 3.40. The molecule has 1 aromatic carbocycles. The number of fused-ring (bicyclic) bond motifs is 1. The van der Waals surface area contributed by atoms with Gasteiger partial charge in [-0.25, -0.2) is 14.6 Å². The summed E-state index contributed by atoms with van der Waals surface area (Å²) in [4.78, 5) is 22.7. The fraction of sp³-hybridized carbons (Fsp3) is 0.368. The zero-order valence-corrected chi connectivity index (χ0v) is 15.1. The number of esters is 1. The van der Waals surface area contributed by atoms with E-state index in [1.165, 1.54) is 19.0 Å². The molecule has 0 saturated carbocycles. The molecule has 1 saturated heterocycles. The molecule has 140 valence electrons. The first-order valence-corrected chi connectivity index (χ1v) is 8.88. The lowest BCUT2D eigenvalue weighted by Crippen LogP contribution is -2.47. The zero-order valence-electron chi connectivity index (χ0n) is 15.1. The number of morpholine rings is 1. The maximum absolute atomic E-state index is 11.6. The van der Waals surface area contributed by atoms with Gasteiger partial charge in [0, 0.05) is 6.54 Å². The van der Waals surface area contributed by atoms with E-state index in [0.717, 1.165) is 24.2 Å². The van der Waals surface area contributed by atoms with Crippen molar-refractivity contribution in [2.75, 3.05) is 31.8 Å². The summed E-state index contributed by atoms with van der Waals surface area (Å²) in [6, 6.07) is 10.5. The summed E-state index contributed by atoms with van der Waals surface area (Å²) >= 11 is 0. The lowest BCUT2D eigenvalue weighted by atomic mass is 10.0. The van der Waals surface area contributed by atoms with Crippen LogP contribution in [0.5, 0.6) is 0 Å². The van der Waals surface area contributed by atoms with E-state index in [4.69, 9.17) is 9.47 Å². The third-order valence-corrected chi connectivity index (χ3v) is 4.73. The van der Waals surface area contributed by atoms with Crippen LogP contribution in [0.15, 0.2) is 42.9 Å². The summed E-state index contributed by atoms with van der Waals surface area (Å²) in [5, 5.41) is 5.12. The molecule has 0 radical (unpaired) electrons. The van der Waals surface area contributed by atoms with Crippen LogP contribution in [-0.4, -0.2) is 58.6 Å². The Balaban J connectivity index is 1.66. The molecule has 27 heavy (non-hydrogen) atoms. The van der Waals surface area contributed by atoms with Crippen LogP contribution in [0.4, 0.5) is 5.82 Å². The highest BCUT2D eigenvalue weighted by atomic mass is 16.5. The summed E-state index contributed by atoms with van der Waals surface area (Å²) in [6.45, 7) is 2.04. The van der Waals surface area contributed by atoms with E-state index >= 15 is 0 Å². The molecule has 3 heterocycles. The highest BCUT2D eigenvalue weighted by molar-refractivity contribution is 5.87. The van der Waals surface area contributed by atoms with Crippen molar-refractivity contribution in [2.45, 2.75) is 19.0 Å². The number of nitrogens with zero attached hydrogens (tertiary/aromatic N) is 5. The van der Waals surface area contributed by atoms with Crippen LogP contribution in [0.25, 0.3) is 11.0 Å². The highest BCUT2D eigenvalue weighted by Gasteiger charge is 2.27. The predicted molar refractivity (Wildman–Crippen MR) is 99.4 cm³/mol. The number of aromatic nitrogens is 4. The van der Waals surface area contributed by atoms with Gasteiger partial charge in [-0.1, -0.05) is 30.3 Å². The average molecular weight is 367 g/mol. The van der Waals surface area contributed by atoms with Crippen LogP contribution in [0.3, 0.4) is 0 Å². The van der Waals surface area contributed by atoms with Gasteiger partial charge in [0.15, 0.2) is 5.65 Å². The van der Waals surface area contributed by atoms with Gasteiger partial charge in [0.1, 0.15) is 18.7 Å². The van der Waals surface area contributed by atoms with Gasteiger partial charge in [-0.15, -0.1) is 0 Å². The number of carbonyl (C=O) groups excluding carboxylic acids is 1. The Bertz CT molecular complexity index is 927. The Morgan fingerprint density at radius 3 is 2.96 bits per heavy atom. The lowest BCUT2D eigenvalue weighted by Gasteiger charge is -2.36. The summed E-state index contributed by atoms with van der Waals surface area (Å²) in [5.74, 6) is 0.453. The Hall–Kier alpha value is -3.00. The van der Waals surface area contributed by atoms with E-state index in [0.29, 0.717) is 18.9 Å². The van der Waals surface area contributed by atoms with Gasteiger partial charge in [0.25, 0.3) is 0 Å². The van der Waals surface area contributed by atoms with Crippen molar-refractivity contribution in [1.29, 1.82) is 0 Å². The van der Waals surface area contributed by atoms with Crippen LogP contribution in [0.2, 0.25) is 0 Å². The molecule has 1 unspecified atom stereocenters. The van der Waals surface area contributed by atoms with Gasteiger partial charge < -0.3 is 14.4 Å². The van der Waals surface area contributed by atoms with Crippen molar-refractivity contribution in [3.8, 4) is 0 Å². The minimum Gasteiger partial charge on any atom is -0.468 e. The van der Waals surface area contributed by atoms with Crippen LogP contribution in [-0.2, 0) is 27.2 Å². The molecular weight excluding hydrogens is 346 g/mol. The third-order valence-electron chi connectivity index (χ3n) is 4.73. The monoisotopic (exact) mass is 367 g/mol. The van der Waals surface area contributed by atoms with Gasteiger partial charge in [-0.3, -0.25) is 4.79 Å². The average Bonchev–Trinajstić information content (AvgIpc) is 3.12.